The minimum atomic E-state index is 0.147. The quantitative estimate of drug-likeness (QED) is 0.719. The fourth-order valence-electron chi connectivity index (χ4n) is 3.10. The minimum absolute atomic E-state index is 0.147. The van der Waals surface area contributed by atoms with Crippen LogP contribution in [0.3, 0.4) is 0 Å². The highest BCUT2D eigenvalue weighted by atomic mass is 16.5. The van der Waals surface area contributed by atoms with Gasteiger partial charge in [0.15, 0.2) is 11.5 Å². The lowest BCUT2D eigenvalue weighted by Gasteiger charge is -2.21. The van der Waals surface area contributed by atoms with Crippen LogP contribution in [0.4, 0.5) is 0 Å². The van der Waals surface area contributed by atoms with Gasteiger partial charge in [0.1, 0.15) is 6.10 Å². The lowest BCUT2D eigenvalue weighted by Crippen LogP contribution is -2.19. The third kappa shape index (κ3) is 4.86. The number of hydrogen-bond donors (Lipinski definition) is 1. The molecule has 1 aliphatic carbocycles. The summed E-state index contributed by atoms with van der Waals surface area (Å²) in [5.74, 6) is 1.62. The maximum Gasteiger partial charge on any atom is 0.162 e. The monoisotopic (exact) mass is 337 g/mol. The predicted molar refractivity (Wildman–Crippen MR) is 102 cm³/mol. The zero-order chi connectivity index (χ0) is 17.5. The van der Waals surface area contributed by atoms with Crippen molar-refractivity contribution in [3.05, 3.63) is 71.8 Å². The van der Waals surface area contributed by atoms with E-state index in [0.717, 1.165) is 30.9 Å². The van der Waals surface area contributed by atoms with Crippen molar-refractivity contribution < 1.29 is 9.47 Å². The third-order valence-corrected chi connectivity index (χ3v) is 4.63. The van der Waals surface area contributed by atoms with Crippen LogP contribution in [0.25, 0.3) is 0 Å². The Morgan fingerprint density at radius 2 is 1.96 bits per heavy atom. The molecular formula is C22H27NO2. The molecule has 0 saturated carbocycles. The van der Waals surface area contributed by atoms with Gasteiger partial charge in [-0.15, -0.1) is 0 Å². The molecule has 1 aliphatic rings. The van der Waals surface area contributed by atoms with Crippen LogP contribution < -0.4 is 14.8 Å². The highest BCUT2D eigenvalue weighted by molar-refractivity contribution is 5.43. The Labute approximate surface area is 150 Å². The maximum atomic E-state index is 6.17. The molecule has 3 heteroatoms. The van der Waals surface area contributed by atoms with Crippen LogP contribution in [-0.2, 0) is 6.54 Å². The Hall–Kier alpha value is -2.26. The van der Waals surface area contributed by atoms with Crippen molar-refractivity contribution in [3.8, 4) is 11.5 Å². The van der Waals surface area contributed by atoms with E-state index >= 15 is 0 Å². The molecule has 0 spiro atoms. The molecule has 0 heterocycles. The summed E-state index contributed by atoms with van der Waals surface area (Å²) in [4.78, 5) is 0. The Kier molecular flexibility index (Phi) is 6.13. The first kappa shape index (κ1) is 17.6. The van der Waals surface area contributed by atoms with E-state index < -0.39 is 0 Å². The summed E-state index contributed by atoms with van der Waals surface area (Å²) in [5.41, 5.74) is 2.48. The number of methoxy groups -OCH3 is 1. The van der Waals surface area contributed by atoms with Crippen molar-refractivity contribution in [1.82, 2.24) is 5.32 Å². The molecule has 2 aromatic carbocycles. The average Bonchev–Trinajstić information content (AvgIpc) is 2.68. The van der Waals surface area contributed by atoms with Crippen LogP contribution >= 0.6 is 0 Å². The molecule has 0 saturated heterocycles. The van der Waals surface area contributed by atoms with Gasteiger partial charge in [0.25, 0.3) is 0 Å². The largest absolute Gasteiger partial charge is 0.493 e. The molecule has 2 unspecified atom stereocenters. The number of rotatable bonds is 7. The zero-order valence-corrected chi connectivity index (χ0v) is 15.1. The number of allylic oxidation sites excluding steroid dienone is 1. The molecule has 3 rings (SSSR count). The summed E-state index contributed by atoms with van der Waals surface area (Å²) < 4.78 is 11.6. The molecule has 132 valence electrons. The second-order valence-corrected chi connectivity index (χ2v) is 6.51. The van der Waals surface area contributed by atoms with Crippen molar-refractivity contribution in [1.29, 1.82) is 0 Å². The minimum Gasteiger partial charge on any atom is -0.493 e. The molecule has 0 aromatic heterocycles. The van der Waals surface area contributed by atoms with Gasteiger partial charge in [-0.1, -0.05) is 42.5 Å². The second kappa shape index (κ2) is 8.72. The molecule has 1 N–H and O–H groups in total. The third-order valence-electron chi connectivity index (χ3n) is 4.63. The van der Waals surface area contributed by atoms with Gasteiger partial charge in [0, 0.05) is 12.6 Å². The summed E-state index contributed by atoms with van der Waals surface area (Å²) in [7, 11) is 1.69. The fraction of sp³-hybridized carbons (Fsp3) is 0.364. The topological polar surface area (TPSA) is 30.5 Å². The van der Waals surface area contributed by atoms with E-state index in [-0.39, 0.29) is 6.10 Å². The Bertz CT molecular complexity index is 696. The number of ether oxygens (including phenoxy) is 2. The predicted octanol–water partition coefficient (Wildman–Crippen LogP) is 5.03. The van der Waals surface area contributed by atoms with E-state index in [1.165, 1.54) is 17.5 Å². The number of nitrogens with one attached hydrogen (secondary N) is 1. The lowest BCUT2D eigenvalue weighted by atomic mass is 10.1. The van der Waals surface area contributed by atoms with E-state index in [9.17, 15) is 0 Å². The van der Waals surface area contributed by atoms with Crippen molar-refractivity contribution in [2.24, 2.45) is 0 Å². The van der Waals surface area contributed by atoms with Crippen LogP contribution in [0.1, 0.15) is 43.4 Å². The van der Waals surface area contributed by atoms with Gasteiger partial charge >= 0.3 is 0 Å². The van der Waals surface area contributed by atoms with E-state index in [1.54, 1.807) is 7.11 Å². The highest BCUT2D eigenvalue weighted by Crippen LogP contribution is 2.31. The molecule has 25 heavy (non-hydrogen) atoms. The lowest BCUT2D eigenvalue weighted by molar-refractivity contribution is 0.219. The first-order chi connectivity index (χ1) is 12.3. The Balaban J connectivity index is 1.66. The van der Waals surface area contributed by atoms with Crippen molar-refractivity contribution in [2.75, 3.05) is 7.11 Å². The smallest absolute Gasteiger partial charge is 0.162 e. The summed E-state index contributed by atoms with van der Waals surface area (Å²) in [5, 5.41) is 3.57. The van der Waals surface area contributed by atoms with Crippen molar-refractivity contribution >= 4 is 0 Å². The SMILES string of the molecule is COc1ccc(CNC(C)c2ccccc2)cc1OC1C=CCCC1. The summed E-state index contributed by atoms with van der Waals surface area (Å²) in [6.45, 7) is 2.97. The van der Waals surface area contributed by atoms with E-state index in [4.69, 9.17) is 9.47 Å². The fourth-order valence-corrected chi connectivity index (χ4v) is 3.10. The molecule has 0 bridgehead atoms. The molecular weight excluding hydrogens is 310 g/mol. The normalized spacial score (nSPS) is 17.9. The molecule has 3 nitrogen and oxygen atoms in total. The maximum absolute atomic E-state index is 6.17. The van der Waals surface area contributed by atoms with Gasteiger partial charge in [-0.2, -0.15) is 0 Å². The van der Waals surface area contributed by atoms with Gasteiger partial charge in [0.2, 0.25) is 0 Å². The number of hydrogen-bond acceptors (Lipinski definition) is 3. The first-order valence-corrected chi connectivity index (χ1v) is 9.05. The van der Waals surface area contributed by atoms with Crippen LogP contribution in [-0.4, -0.2) is 13.2 Å². The summed E-state index contributed by atoms with van der Waals surface area (Å²) in [6, 6.07) is 17.0. The molecule has 0 fully saturated rings. The van der Waals surface area contributed by atoms with Crippen LogP contribution in [0.15, 0.2) is 60.7 Å². The van der Waals surface area contributed by atoms with Crippen LogP contribution in [0, 0.1) is 0 Å². The van der Waals surface area contributed by atoms with Crippen molar-refractivity contribution in [2.45, 2.75) is 44.9 Å². The van der Waals surface area contributed by atoms with Gasteiger partial charge in [0.05, 0.1) is 7.11 Å². The molecule has 2 aromatic rings. The Morgan fingerprint density at radius 3 is 2.68 bits per heavy atom. The Morgan fingerprint density at radius 1 is 1.12 bits per heavy atom. The summed E-state index contributed by atoms with van der Waals surface area (Å²) in [6.07, 6.45) is 7.90. The van der Waals surface area contributed by atoms with Crippen LogP contribution in [0.2, 0.25) is 0 Å². The van der Waals surface area contributed by atoms with Gasteiger partial charge in [-0.3, -0.25) is 0 Å². The van der Waals surface area contributed by atoms with E-state index in [1.807, 2.05) is 12.1 Å². The van der Waals surface area contributed by atoms with Gasteiger partial charge in [-0.25, -0.2) is 0 Å². The van der Waals surface area contributed by atoms with E-state index in [2.05, 4.69) is 60.8 Å². The summed E-state index contributed by atoms with van der Waals surface area (Å²) >= 11 is 0. The first-order valence-electron chi connectivity index (χ1n) is 9.05. The average molecular weight is 337 g/mol. The molecule has 0 amide bonds. The standard InChI is InChI=1S/C22H27NO2/c1-17(19-9-5-3-6-10-19)23-16-18-13-14-21(24-2)22(15-18)25-20-11-7-4-8-12-20/h3,5-7,9-11,13-15,17,20,23H,4,8,12,16H2,1-2H3. The van der Waals surface area contributed by atoms with E-state index in [0.29, 0.717) is 6.04 Å². The molecule has 0 radical (unpaired) electrons. The molecule has 2 atom stereocenters. The zero-order valence-electron chi connectivity index (χ0n) is 15.1. The highest BCUT2D eigenvalue weighted by Gasteiger charge is 2.14. The number of benzene rings is 2. The second-order valence-electron chi connectivity index (χ2n) is 6.51. The van der Waals surface area contributed by atoms with Gasteiger partial charge < -0.3 is 14.8 Å². The molecule has 0 aliphatic heterocycles. The van der Waals surface area contributed by atoms with Crippen LogP contribution in [0.5, 0.6) is 11.5 Å². The van der Waals surface area contributed by atoms with Gasteiger partial charge in [-0.05, 0) is 55.5 Å². The van der Waals surface area contributed by atoms with Crippen molar-refractivity contribution in [3.63, 3.8) is 0 Å².